The largest absolute Gasteiger partial charge is 0.478 e. The summed E-state index contributed by atoms with van der Waals surface area (Å²) < 4.78 is 50.7. The fraction of sp³-hybridized carbons (Fsp3) is 0.0833. The third-order valence-electron chi connectivity index (χ3n) is 2.30. The average molecular weight is 318 g/mol. The van der Waals surface area contributed by atoms with Crippen molar-refractivity contribution in [3.8, 4) is 0 Å². The highest BCUT2D eigenvalue weighted by atomic mass is 32.2. The van der Waals surface area contributed by atoms with E-state index in [0.29, 0.717) is 11.8 Å². The zero-order chi connectivity index (χ0) is 15.6. The smallest absolute Gasteiger partial charge is 0.433 e. The minimum atomic E-state index is -4.60. The number of aromatic carboxylic acids is 1. The molecule has 0 amide bonds. The molecule has 1 aromatic carbocycles. The molecule has 0 saturated heterocycles. The van der Waals surface area contributed by atoms with Gasteiger partial charge in [-0.15, -0.1) is 0 Å². The van der Waals surface area contributed by atoms with Crippen LogP contribution >= 0.6 is 11.8 Å². The number of benzene rings is 1. The van der Waals surface area contributed by atoms with Crippen molar-refractivity contribution < 1.29 is 27.5 Å². The van der Waals surface area contributed by atoms with E-state index < -0.39 is 29.2 Å². The topological polar surface area (TPSA) is 63.1 Å². The third-order valence-corrected chi connectivity index (χ3v) is 3.17. The number of aromatic nitrogens is 2. The quantitative estimate of drug-likeness (QED) is 0.693. The summed E-state index contributed by atoms with van der Waals surface area (Å²) >= 11 is 0.706. The van der Waals surface area contributed by atoms with E-state index in [1.54, 1.807) is 0 Å². The molecule has 2 rings (SSSR count). The number of hydrogen-bond donors (Lipinski definition) is 1. The van der Waals surface area contributed by atoms with Gasteiger partial charge in [-0.05, 0) is 36.0 Å². The Hall–Kier alpha value is -2.16. The summed E-state index contributed by atoms with van der Waals surface area (Å²) in [5, 5.41) is 8.56. The van der Waals surface area contributed by atoms with Crippen LogP contribution in [-0.2, 0) is 6.18 Å². The minimum absolute atomic E-state index is 0.215. The van der Waals surface area contributed by atoms with E-state index in [9.17, 15) is 22.4 Å². The number of nitrogens with zero attached hydrogens (tertiary/aromatic N) is 2. The van der Waals surface area contributed by atoms with E-state index in [2.05, 4.69) is 9.97 Å². The first-order valence-electron chi connectivity index (χ1n) is 5.38. The average Bonchev–Trinajstić information content (AvgIpc) is 2.40. The van der Waals surface area contributed by atoms with Crippen LogP contribution in [0, 0.1) is 5.82 Å². The standard InChI is InChI=1S/C12H6F4N2O2S/c13-8-2-1-6(5-7(8)10(19)20)21-11-17-4-3-9(18-11)12(14,15)16/h1-5H,(H,19,20). The second kappa shape index (κ2) is 5.68. The number of rotatable bonds is 3. The molecule has 0 spiro atoms. The number of carboxylic acids is 1. The van der Waals surface area contributed by atoms with Crippen molar-refractivity contribution in [1.29, 1.82) is 0 Å². The van der Waals surface area contributed by atoms with Crippen molar-refractivity contribution in [3.05, 3.63) is 47.5 Å². The van der Waals surface area contributed by atoms with Gasteiger partial charge in [0.15, 0.2) is 5.16 Å². The van der Waals surface area contributed by atoms with Gasteiger partial charge < -0.3 is 5.11 Å². The second-order valence-electron chi connectivity index (χ2n) is 3.77. The Morgan fingerprint density at radius 3 is 2.57 bits per heavy atom. The molecule has 0 aliphatic heterocycles. The Labute approximate surface area is 119 Å². The number of carboxylic acid groups (broad SMARTS) is 1. The molecule has 0 saturated carbocycles. The summed E-state index contributed by atoms with van der Waals surface area (Å²) in [6.07, 6.45) is -3.66. The number of hydrogen-bond acceptors (Lipinski definition) is 4. The fourth-order valence-corrected chi connectivity index (χ4v) is 2.17. The molecule has 0 fully saturated rings. The van der Waals surface area contributed by atoms with Crippen molar-refractivity contribution in [2.24, 2.45) is 0 Å². The molecule has 2 aromatic rings. The van der Waals surface area contributed by atoms with Crippen LogP contribution < -0.4 is 0 Å². The Kier molecular flexibility index (Phi) is 4.12. The summed E-state index contributed by atoms with van der Waals surface area (Å²) in [5.74, 6) is -2.41. The van der Waals surface area contributed by atoms with Crippen LogP contribution in [0.5, 0.6) is 0 Å². The first kappa shape index (κ1) is 15.2. The lowest BCUT2D eigenvalue weighted by Gasteiger charge is -2.07. The van der Waals surface area contributed by atoms with Gasteiger partial charge in [-0.25, -0.2) is 19.2 Å². The maximum absolute atomic E-state index is 13.2. The molecular weight excluding hydrogens is 312 g/mol. The van der Waals surface area contributed by atoms with E-state index in [1.807, 2.05) is 0 Å². The fourth-order valence-electron chi connectivity index (χ4n) is 1.39. The highest BCUT2D eigenvalue weighted by Gasteiger charge is 2.32. The summed E-state index contributed by atoms with van der Waals surface area (Å²) in [6, 6.07) is 3.87. The summed E-state index contributed by atoms with van der Waals surface area (Å²) in [6.45, 7) is 0. The van der Waals surface area contributed by atoms with Gasteiger partial charge in [0.1, 0.15) is 11.5 Å². The maximum Gasteiger partial charge on any atom is 0.433 e. The monoisotopic (exact) mass is 318 g/mol. The predicted molar refractivity (Wildman–Crippen MR) is 64.5 cm³/mol. The van der Waals surface area contributed by atoms with Gasteiger partial charge in [0.05, 0.1) is 5.56 Å². The van der Waals surface area contributed by atoms with Gasteiger partial charge in [0.25, 0.3) is 0 Å². The van der Waals surface area contributed by atoms with E-state index in [0.717, 1.165) is 24.4 Å². The van der Waals surface area contributed by atoms with Crippen LogP contribution in [0.2, 0.25) is 0 Å². The number of carbonyl (C=O) groups is 1. The lowest BCUT2D eigenvalue weighted by molar-refractivity contribution is -0.141. The molecule has 4 nitrogen and oxygen atoms in total. The van der Waals surface area contributed by atoms with Crippen LogP contribution in [-0.4, -0.2) is 21.0 Å². The van der Waals surface area contributed by atoms with Crippen LogP contribution in [0.15, 0.2) is 40.5 Å². The first-order chi connectivity index (χ1) is 9.77. The van der Waals surface area contributed by atoms with E-state index in [1.165, 1.54) is 6.07 Å². The molecule has 110 valence electrons. The molecule has 0 aliphatic carbocycles. The predicted octanol–water partition coefficient (Wildman–Crippen LogP) is 3.48. The van der Waals surface area contributed by atoms with Gasteiger partial charge in [0.2, 0.25) is 0 Å². The van der Waals surface area contributed by atoms with Gasteiger partial charge in [-0.3, -0.25) is 0 Å². The van der Waals surface area contributed by atoms with Crippen molar-refractivity contribution in [3.63, 3.8) is 0 Å². The molecule has 0 radical (unpaired) electrons. The summed E-state index contributed by atoms with van der Waals surface area (Å²) in [4.78, 5) is 18.0. The normalized spacial score (nSPS) is 11.4. The van der Waals surface area contributed by atoms with Crippen LogP contribution in [0.4, 0.5) is 17.6 Å². The Bertz CT molecular complexity index is 691. The van der Waals surface area contributed by atoms with E-state index in [4.69, 9.17) is 5.11 Å². The molecule has 0 aliphatic rings. The molecule has 1 N–H and O–H groups in total. The zero-order valence-corrected chi connectivity index (χ0v) is 10.9. The number of alkyl halides is 3. The SMILES string of the molecule is O=C(O)c1cc(Sc2nccc(C(F)(F)F)n2)ccc1F. The molecule has 0 atom stereocenters. The van der Waals surface area contributed by atoms with Gasteiger partial charge >= 0.3 is 12.1 Å². The summed E-state index contributed by atoms with van der Waals surface area (Å²) in [5.41, 5.74) is -1.69. The van der Waals surface area contributed by atoms with Crippen molar-refractivity contribution in [2.75, 3.05) is 0 Å². The maximum atomic E-state index is 13.2. The molecule has 0 bridgehead atoms. The van der Waals surface area contributed by atoms with Crippen molar-refractivity contribution in [2.45, 2.75) is 16.2 Å². The van der Waals surface area contributed by atoms with Gasteiger partial charge in [0, 0.05) is 11.1 Å². The van der Waals surface area contributed by atoms with Gasteiger partial charge in [-0.2, -0.15) is 13.2 Å². The second-order valence-corrected chi connectivity index (χ2v) is 4.81. The minimum Gasteiger partial charge on any atom is -0.478 e. The van der Waals surface area contributed by atoms with Crippen LogP contribution in [0.25, 0.3) is 0 Å². The highest BCUT2D eigenvalue weighted by Crippen LogP contribution is 2.31. The van der Waals surface area contributed by atoms with Crippen molar-refractivity contribution >= 4 is 17.7 Å². The van der Waals surface area contributed by atoms with Gasteiger partial charge in [-0.1, -0.05) is 0 Å². The highest BCUT2D eigenvalue weighted by molar-refractivity contribution is 7.99. The Morgan fingerprint density at radius 2 is 1.95 bits per heavy atom. The third kappa shape index (κ3) is 3.69. The summed E-state index contributed by atoms with van der Waals surface area (Å²) in [7, 11) is 0. The molecule has 9 heteroatoms. The first-order valence-corrected chi connectivity index (χ1v) is 6.20. The van der Waals surface area contributed by atoms with E-state index in [-0.39, 0.29) is 10.1 Å². The van der Waals surface area contributed by atoms with Crippen molar-refractivity contribution in [1.82, 2.24) is 9.97 Å². The lowest BCUT2D eigenvalue weighted by atomic mass is 10.2. The number of halogens is 4. The lowest BCUT2D eigenvalue weighted by Crippen LogP contribution is -2.08. The Balaban J connectivity index is 2.31. The Morgan fingerprint density at radius 1 is 1.24 bits per heavy atom. The molecular formula is C12H6F4N2O2S. The van der Waals surface area contributed by atoms with E-state index >= 15 is 0 Å². The molecule has 1 aromatic heterocycles. The molecule has 0 unspecified atom stereocenters. The van der Waals surface area contributed by atoms with Crippen LogP contribution in [0.3, 0.4) is 0 Å². The molecule has 21 heavy (non-hydrogen) atoms. The zero-order valence-electron chi connectivity index (χ0n) is 10.1. The molecule has 1 heterocycles. The van der Waals surface area contributed by atoms with Crippen LogP contribution in [0.1, 0.15) is 16.1 Å².